The van der Waals surface area contributed by atoms with Gasteiger partial charge in [0.25, 0.3) is 0 Å². The van der Waals surface area contributed by atoms with Crippen molar-refractivity contribution in [2.45, 2.75) is 33.4 Å². The van der Waals surface area contributed by atoms with Gasteiger partial charge in [0.1, 0.15) is 5.82 Å². The number of halogens is 1. The van der Waals surface area contributed by atoms with E-state index in [1.54, 1.807) is 12.1 Å². The number of aromatic nitrogens is 2. The molecule has 0 aliphatic rings. The number of hydrogen-bond donors (Lipinski definition) is 1. The molecule has 0 bridgehead atoms. The molecule has 3 nitrogen and oxygen atoms in total. The molecule has 1 aromatic heterocycles. The van der Waals surface area contributed by atoms with Crippen molar-refractivity contribution >= 4 is 5.95 Å². The molecule has 1 N–H and O–H groups in total. The van der Waals surface area contributed by atoms with E-state index in [1.807, 2.05) is 19.2 Å². The maximum absolute atomic E-state index is 13.5. The van der Waals surface area contributed by atoms with Gasteiger partial charge >= 0.3 is 0 Å². The van der Waals surface area contributed by atoms with Gasteiger partial charge in [0.15, 0.2) is 0 Å². The molecule has 0 fully saturated rings. The summed E-state index contributed by atoms with van der Waals surface area (Å²) in [4.78, 5) is 4.41. The van der Waals surface area contributed by atoms with Crippen LogP contribution < -0.4 is 5.32 Å². The molecular weight excluding hydrogens is 229 g/mol. The van der Waals surface area contributed by atoms with Crippen LogP contribution in [-0.4, -0.2) is 9.55 Å². The normalized spacial score (nSPS) is 10.9. The second-order valence-electron chi connectivity index (χ2n) is 4.65. The van der Waals surface area contributed by atoms with Crippen LogP contribution in [0.15, 0.2) is 30.5 Å². The molecule has 0 saturated carbocycles. The Kier molecular flexibility index (Phi) is 3.65. The first-order chi connectivity index (χ1) is 8.58. The summed E-state index contributed by atoms with van der Waals surface area (Å²) in [6.07, 6.45) is 1.99. The van der Waals surface area contributed by atoms with Gasteiger partial charge in [-0.2, -0.15) is 0 Å². The monoisotopic (exact) mass is 247 g/mol. The van der Waals surface area contributed by atoms with Gasteiger partial charge in [-0.05, 0) is 26.8 Å². The molecule has 1 heterocycles. The van der Waals surface area contributed by atoms with Crippen LogP contribution in [0.2, 0.25) is 0 Å². The Morgan fingerprint density at radius 1 is 1.33 bits per heavy atom. The predicted molar refractivity (Wildman–Crippen MR) is 71.1 cm³/mol. The van der Waals surface area contributed by atoms with Crippen molar-refractivity contribution in [3.8, 4) is 0 Å². The van der Waals surface area contributed by atoms with Gasteiger partial charge < -0.3 is 9.88 Å². The van der Waals surface area contributed by atoms with Crippen LogP contribution >= 0.6 is 0 Å². The molecule has 0 atom stereocenters. The zero-order chi connectivity index (χ0) is 13.1. The molecule has 0 radical (unpaired) electrons. The zero-order valence-corrected chi connectivity index (χ0v) is 10.9. The third kappa shape index (κ3) is 2.70. The van der Waals surface area contributed by atoms with Crippen LogP contribution in [0.4, 0.5) is 10.3 Å². The van der Waals surface area contributed by atoms with Gasteiger partial charge in [-0.3, -0.25) is 0 Å². The standard InChI is InChI=1S/C14H18FN3/c1-10(2)18-9-11(3)17-14(18)16-8-12-6-4-5-7-13(12)15/h4-7,9-10H,8H2,1-3H3,(H,16,17). The van der Waals surface area contributed by atoms with E-state index in [4.69, 9.17) is 0 Å². The smallest absolute Gasteiger partial charge is 0.203 e. The highest BCUT2D eigenvalue weighted by molar-refractivity contribution is 5.32. The van der Waals surface area contributed by atoms with Crippen molar-refractivity contribution in [2.24, 2.45) is 0 Å². The zero-order valence-electron chi connectivity index (χ0n) is 10.9. The van der Waals surface area contributed by atoms with E-state index in [0.717, 1.165) is 11.6 Å². The number of hydrogen-bond acceptors (Lipinski definition) is 2. The minimum atomic E-state index is -0.190. The first-order valence-corrected chi connectivity index (χ1v) is 6.10. The number of anilines is 1. The van der Waals surface area contributed by atoms with E-state index in [2.05, 4.69) is 28.7 Å². The summed E-state index contributed by atoms with van der Waals surface area (Å²) in [5, 5.41) is 3.18. The van der Waals surface area contributed by atoms with Gasteiger partial charge in [0.2, 0.25) is 5.95 Å². The van der Waals surface area contributed by atoms with E-state index in [0.29, 0.717) is 18.2 Å². The molecule has 0 saturated heterocycles. The van der Waals surface area contributed by atoms with Crippen molar-refractivity contribution in [1.82, 2.24) is 9.55 Å². The fourth-order valence-corrected chi connectivity index (χ4v) is 1.86. The second-order valence-corrected chi connectivity index (χ2v) is 4.65. The summed E-state index contributed by atoms with van der Waals surface area (Å²) in [5.74, 6) is 0.593. The van der Waals surface area contributed by atoms with E-state index >= 15 is 0 Å². The molecule has 1 aromatic carbocycles. The highest BCUT2D eigenvalue weighted by Crippen LogP contribution is 2.16. The van der Waals surface area contributed by atoms with Crippen molar-refractivity contribution in [3.05, 3.63) is 47.5 Å². The van der Waals surface area contributed by atoms with Crippen molar-refractivity contribution < 1.29 is 4.39 Å². The van der Waals surface area contributed by atoms with E-state index in [1.165, 1.54) is 6.07 Å². The molecule has 4 heteroatoms. The van der Waals surface area contributed by atoms with Crippen molar-refractivity contribution in [3.63, 3.8) is 0 Å². The summed E-state index contributed by atoms with van der Waals surface area (Å²) < 4.78 is 15.5. The molecule has 96 valence electrons. The number of aryl methyl sites for hydroxylation is 1. The lowest BCUT2D eigenvalue weighted by atomic mass is 10.2. The maximum atomic E-state index is 13.5. The average Bonchev–Trinajstić information content (AvgIpc) is 2.70. The lowest BCUT2D eigenvalue weighted by molar-refractivity contribution is 0.599. The Hall–Kier alpha value is -1.84. The average molecular weight is 247 g/mol. The fourth-order valence-electron chi connectivity index (χ4n) is 1.86. The van der Waals surface area contributed by atoms with E-state index in [-0.39, 0.29) is 5.82 Å². The first kappa shape index (κ1) is 12.6. The molecule has 0 amide bonds. The SMILES string of the molecule is Cc1cn(C(C)C)c(NCc2ccccc2F)n1. The van der Waals surface area contributed by atoms with Crippen molar-refractivity contribution in [2.75, 3.05) is 5.32 Å². The lowest BCUT2D eigenvalue weighted by Gasteiger charge is -2.12. The van der Waals surface area contributed by atoms with Crippen LogP contribution in [-0.2, 0) is 6.54 Å². The third-order valence-corrected chi connectivity index (χ3v) is 2.80. The molecule has 0 aliphatic carbocycles. The van der Waals surface area contributed by atoms with E-state index < -0.39 is 0 Å². The number of nitrogens with one attached hydrogen (secondary N) is 1. The molecular formula is C14H18FN3. The van der Waals surface area contributed by atoms with Crippen LogP contribution in [0.1, 0.15) is 31.1 Å². The van der Waals surface area contributed by atoms with Crippen LogP contribution in [0.25, 0.3) is 0 Å². The van der Waals surface area contributed by atoms with E-state index in [9.17, 15) is 4.39 Å². The number of benzene rings is 1. The summed E-state index contributed by atoms with van der Waals surface area (Å²) in [6, 6.07) is 7.10. The van der Waals surface area contributed by atoms with Gasteiger partial charge in [-0.15, -0.1) is 0 Å². The number of nitrogens with zero attached hydrogens (tertiary/aromatic N) is 2. The minimum absolute atomic E-state index is 0.190. The minimum Gasteiger partial charge on any atom is -0.351 e. The Morgan fingerprint density at radius 2 is 2.06 bits per heavy atom. The van der Waals surface area contributed by atoms with Gasteiger partial charge in [0.05, 0.1) is 5.69 Å². The first-order valence-electron chi connectivity index (χ1n) is 6.10. The largest absolute Gasteiger partial charge is 0.351 e. The lowest BCUT2D eigenvalue weighted by Crippen LogP contribution is -2.09. The highest BCUT2D eigenvalue weighted by Gasteiger charge is 2.08. The highest BCUT2D eigenvalue weighted by atomic mass is 19.1. The quantitative estimate of drug-likeness (QED) is 0.895. The van der Waals surface area contributed by atoms with Gasteiger partial charge in [-0.25, -0.2) is 9.37 Å². The molecule has 2 aromatic rings. The molecule has 0 aliphatic heterocycles. The molecule has 0 unspecified atom stereocenters. The number of imidazole rings is 1. The Morgan fingerprint density at radius 3 is 2.72 bits per heavy atom. The second kappa shape index (κ2) is 5.21. The summed E-state index contributed by atoms with van der Waals surface area (Å²) >= 11 is 0. The molecule has 0 spiro atoms. The summed E-state index contributed by atoms with van der Waals surface area (Å²) in [6.45, 7) is 6.58. The Labute approximate surface area is 107 Å². The summed E-state index contributed by atoms with van der Waals surface area (Å²) in [5.41, 5.74) is 1.60. The van der Waals surface area contributed by atoms with Crippen LogP contribution in [0, 0.1) is 12.7 Å². The molecule has 2 rings (SSSR count). The maximum Gasteiger partial charge on any atom is 0.203 e. The molecule has 18 heavy (non-hydrogen) atoms. The van der Waals surface area contributed by atoms with Crippen LogP contribution in [0.3, 0.4) is 0 Å². The predicted octanol–water partition coefficient (Wildman–Crippen LogP) is 3.52. The van der Waals surface area contributed by atoms with Crippen molar-refractivity contribution in [1.29, 1.82) is 0 Å². The number of rotatable bonds is 4. The summed E-state index contributed by atoms with van der Waals surface area (Å²) in [7, 11) is 0. The topological polar surface area (TPSA) is 29.9 Å². The van der Waals surface area contributed by atoms with Crippen LogP contribution in [0.5, 0.6) is 0 Å². The van der Waals surface area contributed by atoms with Gasteiger partial charge in [-0.1, -0.05) is 18.2 Å². The van der Waals surface area contributed by atoms with Gasteiger partial charge in [0, 0.05) is 24.3 Å². The third-order valence-electron chi connectivity index (χ3n) is 2.80. The Balaban J connectivity index is 2.13. The fraction of sp³-hybridized carbons (Fsp3) is 0.357. The Bertz CT molecular complexity index is 532.